The average Bonchev–Trinajstić information content (AvgIpc) is 3.13. The van der Waals surface area contributed by atoms with Gasteiger partial charge in [0, 0.05) is 49.2 Å². The van der Waals surface area contributed by atoms with Crippen molar-refractivity contribution < 1.29 is 4.39 Å². The van der Waals surface area contributed by atoms with Gasteiger partial charge in [-0.3, -0.25) is 4.98 Å². The first-order valence-corrected chi connectivity index (χ1v) is 8.85. The Kier molecular flexibility index (Phi) is 4.80. The van der Waals surface area contributed by atoms with Crippen LogP contribution in [0.25, 0.3) is 11.4 Å². The van der Waals surface area contributed by atoms with Gasteiger partial charge in [-0.2, -0.15) is 0 Å². The summed E-state index contributed by atoms with van der Waals surface area (Å²) >= 11 is 0. The highest BCUT2D eigenvalue weighted by molar-refractivity contribution is 5.57. The van der Waals surface area contributed by atoms with E-state index in [1.807, 2.05) is 42.9 Å². The molecule has 6 nitrogen and oxygen atoms in total. The number of pyridine rings is 1. The van der Waals surface area contributed by atoms with E-state index in [2.05, 4.69) is 25.3 Å². The van der Waals surface area contributed by atoms with Crippen LogP contribution in [0.15, 0.2) is 67.3 Å². The maximum atomic E-state index is 13.4. The second-order valence-corrected chi connectivity index (χ2v) is 6.48. The van der Waals surface area contributed by atoms with Crippen molar-refractivity contribution in [2.75, 3.05) is 5.32 Å². The average molecular weight is 374 g/mol. The van der Waals surface area contributed by atoms with Crippen LogP contribution in [0, 0.1) is 12.7 Å². The van der Waals surface area contributed by atoms with Gasteiger partial charge in [-0.1, -0.05) is 12.1 Å². The number of nitrogens with zero attached hydrogens (tertiary/aromatic N) is 5. The van der Waals surface area contributed by atoms with Crippen molar-refractivity contribution in [2.24, 2.45) is 7.05 Å². The fraction of sp³-hybridized carbons (Fsp3) is 0.143. The van der Waals surface area contributed by atoms with Crippen LogP contribution >= 0.6 is 0 Å². The van der Waals surface area contributed by atoms with E-state index in [1.165, 1.54) is 12.1 Å². The molecule has 0 aliphatic carbocycles. The fourth-order valence-corrected chi connectivity index (χ4v) is 3.03. The van der Waals surface area contributed by atoms with Crippen LogP contribution in [0.5, 0.6) is 0 Å². The van der Waals surface area contributed by atoms with Gasteiger partial charge in [-0.25, -0.2) is 19.3 Å². The van der Waals surface area contributed by atoms with E-state index < -0.39 is 0 Å². The second-order valence-electron chi connectivity index (χ2n) is 6.48. The molecule has 3 aromatic heterocycles. The molecule has 140 valence electrons. The van der Waals surface area contributed by atoms with E-state index in [0.717, 1.165) is 22.6 Å². The van der Waals surface area contributed by atoms with E-state index in [4.69, 9.17) is 0 Å². The minimum absolute atomic E-state index is 0.278. The molecule has 0 aliphatic heterocycles. The maximum absolute atomic E-state index is 13.4. The summed E-state index contributed by atoms with van der Waals surface area (Å²) in [5.74, 6) is 1.80. The number of aryl methyl sites for hydroxylation is 2. The Morgan fingerprint density at radius 1 is 1.00 bits per heavy atom. The zero-order chi connectivity index (χ0) is 19.5. The zero-order valence-corrected chi connectivity index (χ0v) is 15.5. The van der Waals surface area contributed by atoms with Crippen molar-refractivity contribution in [2.45, 2.75) is 13.0 Å². The lowest BCUT2D eigenvalue weighted by Crippen LogP contribution is -2.18. The quantitative estimate of drug-likeness (QED) is 0.573. The summed E-state index contributed by atoms with van der Waals surface area (Å²) < 4.78 is 15.4. The van der Waals surface area contributed by atoms with E-state index in [9.17, 15) is 4.39 Å². The summed E-state index contributed by atoms with van der Waals surface area (Å²) in [6.07, 6.45) is 7.04. The molecule has 7 heteroatoms. The van der Waals surface area contributed by atoms with Crippen LogP contribution in [0.4, 0.5) is 10.2 Å². The Labute approximate surface area is 162 Å². The fourth-order valence-electron chi connectivity index (χ4n) is 3.03. The monoisotopic (exact) mass is 374 g/mol. The largest absolute Gasteiger partial charge is 0.356 e. The smallest absolute Gasteiger partial charge is 0.161 e. The van der Waals surface area contributed by atoms with Gasteiger partial charge in [0.15, 0.2) is 5.82 Å². The van der Waals surface area contributed by atoms with Crippen LogP contribution in [0.3, 0.4) is 0 Å². The first-order valence-electron chi connectivity index (χ1n) is 8.85. The van der Waals surface area contributed by atoms with Gasteiger partial charge in [0.25, 0.3) is 0 Å². The van der Waals surface area contributed by atoms with Gasteiger partial charge in [-0.05, 0) is 36.8 Å². The molecule has 0 fully saturated rings. The topological polar surface area (TPSA) is 68.5 Å². The number of imidazole rings is 1. The van der Waals surface area contributed by atoms with Crippen molar-refractivity contribution in [3.63, 3.8) is 0 Å². The maximum Gasteiger partial charge on any atom is 0.161 e. The number of nitrogens with one attached hydrogen (secondary N) is 1. The third-order valence-electron chi connectivity index (χ3n) is 4.40. The molecule has 1 aromatic carbocycles. The second kappa shape index (κ2) is 7.56. The van der Waals surface area contributed by atoms with Gasteiger partial charge in [0.1, 0.15) is 23.5 Å². The van der Waals surface area contributed by atoms with E-state index in [1.54, 1.807) is 30.7 Å². The lowest BCUT2D eigenvalue weighted by molar-refractivity contribution is 0.626. The summed E-state index contributed by atoms with van der Waals surface area (Å²) in [4.78, 5) is 17.7. The number of rotatable bonds is 5. The highest BCUT2D eigenvalue weighted by atomic mass is 19.1. The van der Waals surface area contributed by atoms with Gasteiger partial charge < -0.3 is 9.88 Å². The lowest BCUT2D eigenvalue weighted by atomic mass is 10.1. The van der Waals surface area contributed by atoms with E-state index in [0.29, 0.717) is 11.6 Å². The third kappa shape index (κ3) is 3.73. The van der Waals surface area contributed by atoms with Gasteiger partial charge in [-0.15, -0.1) is 0 Å². The van der Waals surface area contributed by atoms with Crippen molar-refractivity contribution >= 4 is 5.82 Å². The highest BCUT2D eigenvalue weighted by Gasteiger charge is 2.19. The van der Waals surface area contributed by atoms with Crippen molar-refractivity contribution in [3.8, 4) is 11.4 Å². The normalized spacial score (nSPS) is 12.0. The molecular weight excluding hydrogens is 355 g/mol. The Balaban J connectivity index is 1.74. The minimum Gasteiger partial charge on any atom is -0.356 e. The third-order valence-corrected chi connectivity index (χ3v) is 4.40. The minimum atomic E-state index is -0.291. The van der Waals surface area contributed by atoms with E-state index >= 15 is 0 Å². The molecule has 1 atom stereocenters. The molecule has 4 rings (SSSR count). The molecular formula is C21H19FN6. The van der Waals surface area contributed by atoms with Crippen LogP contribution in [0.2, 0.25) is 0 Å². The van der Waals surface area contributed by atoms with Crippen LogP contribution in [-0.2, 0) is 7.05 Å². The summed E-state index contributed by atoms with van der Waals surface area (Å²) in [7, 11) is 1.92. The summed E-state index contributed by atoms with van der Waals surface area (Å²) in [5, 5.41) is 3.44. The Morgan fingerprint density at radius 3 is 2.43 bits per heavy atom. The summed E-state index contributed by atoms with van der Waals surface area (Å²) in [6, 6.07) is 11.7. The molecule has 1 unspecified atom stereocenters. The predicted octanol–water partition coefficient (Wildman–Crippen LogP) is 3.92. The van der Waals surface area contributed by atoms with Gasteiger partial charge >= 0.3 is 0 Å². The number of halogens is 1. The number of hydrogen-bond donors (Lipinski definition) is 1. The van der Waals surface area contributed by atoms with Crippen LogP contribution < -0.4 is 5.32 Å². The first kappa shape index (κ1) is 17.8. The SMILES string of the molecule is Cc1cc(NC(c2ccc(F)cc2)c2nccn2C)nc(-c2ccncc2)n1. The molecule has 0 radical (unpaired) electrons. The highest BCUT2D eigenvalue weighted by Crippen LogP contribution is 2.26. The standard InChI is InChI=1S/C21H19FN6/c1-14-13-18(27-20(25-14)16-7-9-23-10-8-16)26-19(21-24-11-12-28(21)2)15-3-5-17(22)6-4-15/h3-13,19H,1-2H3,(H,25,26,27). The molecule has 0 aliphatic rings. The van der Waals surface area contributed by atoms with Crippen LogP contribution in [-0.4, -0.2) is 24.5 Å². The molecule has 4 aromatic rings. The van der Waals surface area contributed by atoms with Gasteiger partial charge in [0.2, 0.25) is 0 Å². The Hall–Kier alpha value is -3.61. The molecule has 0 bridgehead atoms. The molecule has 1 N–H and O–H groups in total. The van der Waals surface area contributed by atoms with Crippen molar-refractivity contribution in [1.82, 2.24) is 24.5 Å². The predicted molar refractivity (Wildman–Crippen MR) is 105 cm³/mol. The molecule has 0 saturated carbocycles. The summed E-state index contributed by atoms with van der Waals surface area (Å²) in [6.45, 7) is 1.92. The van der Waals surface area contributed by atoms with Crippen molar-refractivity contribution in [3.05, 3.63) is 90.2 Å². The zero-order valence-electron chi connectivity index (χ0n) is 15.5. The molecule has 0 spiro atoms. The van der Waals surface area contributed by atoms with Gasteiger partial charge in [0.05, 0.1) is 0 Å². The van der Waals surface area contributed by atoms with Crippen LogP contribution in [0.1, 0.15) is 23.1 Å². The molecule has 3 heterocycles. The molecule has 0 amide bonds. The molecule has 28 heavy (non-hydrogen) atoms. The number of anilines is 1. The number of hydrogen-bond acceptors (Lipinski definition) is 5. The Bertz CT molecular complexity index is 1080. The first-order chi connectivity index (χ1) is 13.6. The van der Waals surface area contributed by atoms with Crippen molar-refractivity contribution in [1.29, 1.82) is 0 Å². The van der Waals surface area contributed by atoms with E-state index in [-0.39, 0.29) is 11.9 Å². The molecule has 0 saturated heterocycles. The summed E-state index contributed by atoms with van der Waals surface area (Å²) in [5.41, 5.74) is 2.61. The number of aromatic nitrogens is 5. The Morgan fingerprint density at radius 2 is 1.75 bits per heavy atom. The number of benzene rings is 1. The lowest BCUT2D eigenvalue weighted by Gasteiger charge is -2.20.